The number of H-pyrrole nitrogens is 1. The molecule has 0 fully saturated rings. The third kappa shape index (κ3) is 4.90. The van der Waals surface area contributed by atoms with Gasteiger partial charge in [-0.2, -0.15) is 5.10 Å². The minimum Gasteiger partial charge on any atom is -0.483 e. The van der Waals surface area contributed by atoms with Gasteiger partial charge < -0.3 is 15.4 Å². The molecule has 9 nitrogen and oxygen atoms in total. The van der Waals surface area contributed by atoms with Crippen molar-refractivity contribution < 1.29 is 14.7 Å². The van der Waals surface area contributed by atoms with E-state index in [0.29, 0.717) is 13.1 Å². The van der Waals surface area contributed by atoms with Gasteiger partial charge in [0.1, 0.15) is 18.0 Å². The van der Waals surface area contributed by atoms with Crippen molar-refractivity contribution in [2.45, 2.75) is 32.2 Å². The molecule has 0 aromatic carbocycles. The number of aromatic nitrogens is 5. The zero-order valence-corrected chi connectivity index (χ0v) is 12.7. The van der Waals surface area contributed by atoms with Crippen LogP contribution in [0.1, 0.15) is 24.5 Å². The largest absolute Gasteiger partial charge is 0.483 e. The molecule has 3 N–H and O–H groups in total. The summed E-state index contributed by atoms with van der Waals surface area (Å²) >= 11 is 0. The lowest BCUT2D eigenvalue weighted by Gasteiger charge is -2.21. The van der Waals surface area contributed by atoms with Gasteiger partial charge in [-0.3, -0.25) is 9.59 Å². The number of amides is 1. The molecule has 0 bridgehead atoms. The summed E-state index contributed by atoms with van der Waals surface area (Å²) in [4.78, 5) is 31.8. The number of nitrogens with zero attached hydrogens (tertiary/aromatic N) is 4. The molecule has 2 aromatic heterocycles. The number of nitrogens with one attached hydrogen (secondary N) is 2. The van der Waals surface area contributed by atoms with E-state index >= 15 is 0 Å². The molecule has 124 valence electrons. The highest BCUT2D eigenvalue weighted by molar-refractivity contribution is 5.78. The molecule has 3 rings (SSSR count). The molecule has 9 heteroatoms. The molecule has 1 amide bonds. The number of rotatable bonds is 5. The molecular formula is C14H20N6O3. The van der Waals surface area contributed by atoms with Crippen LogP contribution in [0.25, 0.3) is 0 Å². The van der Waals surface area contributed by atoms with E-state index in [-0.39, 0.29) is 18.3 Å². The van der Waals surface area contributed by atoms with Gasteiger partial charge >= 0.3 is 0 Å². The van der Waals surface area contributed by atoms with Crippen LogP contribution in [0.5, 0.6) is 0 Å². The second-order valence-electron chi connectivity index (χ2n) is 5.13. The van der Waals surface area contributed by atoms with Crippen molar-refractivity contribution in [3.63, 3.8) is 0 Å². The number of carbonyl (C=O) groups is 2. The molecule has 2 aromatic rings. The van der Waals surface area contributed by atoms with Crippen LogP contribution in [0.15, 0.2) is 18.7 Å². The van der Waals surface area contributed by atoms with Gasteiger partial charge in [-0.1, -0.05) is 0 Å². The highest BCUT2D eigenvalue weighted by Gasteiger charge is 2.25. The molecule has 0 saturated carbocycles. The fourth-order valence-electron chi connectivity index (χ4n) is 2.50. The Morgan fingerprint density at radius 2 is 2.35 bits per heavy atom. The van der Waals surface area contributed by atoms with E-state index in [1.807, 2.05) is 10.9 Å². The highest BCUT2D eigenvalue weighted by Crippen LogP contribution is 2.17. The minimum atomic E-state index is -0.250. The lowest BCUT2D eigenvalue weighted by molar-refractivity contribution is -0.126. The fraction of sp³-hybridized carbons (Fsp3) is 0.500. The molecule has 1 atom stereocenters. The summed E-state index contributed by atoms with van der Waals surface area (Å²) in [5, 5.41) is 14.0. The first-order valence-electron chi connectivity index (χ1n) is 7.45. The van der Waals surface area contributed by atoms with Crippen molar-refractivity contribution in [3.05, 3.63) is 30.4 Å². The first-order chi connectivity index (χ1) is 11.2. The van der Waals surface area contributed by atoms with Crippen molar-refractivity contribution in [1.82, 2.24) is 30.0 Å². The second kappa shape index (κ2) is 8.66. The van der Waals surface area contributed by atoms with Crippen molar-refractivity contribution >= 4 is 12.4 Å². The number of fused-ring (bicyclic) bond motifs is 1. The standard InChI is InChI=1S/C13H18N6O.CH2O2/c20-13(16-5-1-2-11-14-6-7-15-11)10-3-4-12-17-9-18-19(12)8-10;2-1-3/h6-7,9-10H,1-5,8H2,(H,14,15)(H,16,20);1H,(H,2,3). The Morgan fingerprint density at radius 1 is 1.52 bits per heavy atom. The maximum absolute atomic E-state index is 12.1. The molecule has 1 unspecified atom stereocenters. The Bertz CT molecular complexity index is 610. The zero-order chi connectivity index (χ0) is 16.5. The second-order valence-corrected chi connectivity index (χ2v) is 5.13. The van der Waals surface area contributed by atoms with Crippen LogP contribution >= 0.6 is 0 Å². The van der Waals surface area contributed by atoms with Crippen molar-refractivity contribution in [2.75, 3.05) is 6.54 Å². The normalized spacial score (nSPS) is 15.9. The number of carboxylic acid groups (broad SMARTS) is 1. The minimum absolute atomic E-state index is 0.00723. The molecule has 0 aliphatic carbocycles. The maximum Gasteiger partial charge on any atom is 0.290 e. The van der Waals surface area contributed by atoms with Gasteiger partial charge in [0.25, 0.3) is 6.47 Å². The number of hydrogen-bond donors (Lipinski definition) is 3. The number of aryl methyl sites for hydroxylation is 2. The SMILES string of the molecule is O=C(NCCCc1ncc[nH]1)C1CCc2ncnn2C1.O=CO. The number of imidazole rings is 1. The Labute approximate surface area is 133 Å². The van der Waals surface area contributed by atoms with E-state index < -0.39 is 0 Å². The van der Waals surface area contributed by atoms with E-state index in [1.165, 1.54) is 0 Å². The lowest BCUT2D eigenvalue weighted by atomic mass is 9.99. The smallest absolute Gasteiger partial charge is 0.290 e. The van der Waals surface area contributed by atoms with Gasteiger partial charge in [-0.25, -0.2) is 14.6 Å². The quantitative estimate of drug-likeness (QED) is 0.526. The fourth-order valence-corrected chi connectivity index (χ4v) is 2.50. The summed E-state index contributed by atoms with van der Waals surface area (Å²) in [5.74, 6) is 2.06. The number of aromatic amines is 1. The number of carbonyl (C=O) groups excluding carboxylic acids is 1. The van der Waals surface area contributed by atoms with E-state index in [9.17, 15) is 4.79 Å². The van der Waals surface area contributed by atoms with Crippen molar-refractivity contribution in [1.29, 1.82) is 0 Å². The van der Waals surface area contributed by atoms with Crippen molar-refractivity contribution in [3.8, 4) is 0 Å². The zero-order valence-electron chi connectivity index (χ0n) is 12.7. The van der Waals surface area contributed by atoms with Gasteiger partial charge in [0.2, 0.25) is 5.91 Å². The summed E-state index contributed by atoms with van der Waals surface area (Å²) in [6.45, 7) is 1.07. The van der Waals surface area contributed by atoms with Crippen LogP contribution in [0.2, 0.25) is 0 Å². The Balaban J connectivity index is 0.000000595. The van der Waals surface area contributed by atoms with Gasteiger partial charge in [0, 0.05) is 31.8 Å². The van der Waals surface area contributed by atoms with E-state index in [2.05, 4.69) is 25.4 Å². The van der Waals surface area contributed by atoms with Crippen molar-refractivity contribution in [2.24, 2.45) is 5.92 Å². The molecule has 1 aliphatic heterocycles. The average molecular weight is 320 g/mol. The van der Waals surface area contributed by atoms with E-state index in [4.69, 9.17) is 9.90 Å². The van der Waals surface area contributed by atoms with Crippen LogP contribution in [0, 0.1) is 5.92 Å². The van der Waals surface area contributed by atoms with Crippen LogP contribution in [-0.4, -0.2) is 48.8 Å². The van der Waals surface area contributed by atoms with Gasteiger partial charge in [0.05, 0.1) is 12.5 Å². The predicted octanol–water partition coefficient (Wildman–Crippen LogP) is 0.0134. The molecule has 0 saturated heterocycles. The van der Waals surface area contributed by atoms with E-state index in [0.717, 1.165) is 37.3 Å². The highest BCUT2D eigenvalue weighted by atomic mass is 16.3. The van der Waals surface area contributed by atoms with Gasteiger partial charge in [-0.05, 0) is 12.8 Å². The molecule has 1 aliphatic rings. The molecular weight excluding hydrogens is 300 g/mol. The summed E-state index contributed by atoms with van der Waals surface area (Å²) in [5.41, 5.74) is 0. The molecule has 23 heavy (non-hydrogen) atoms. The van der Waals surface area contributed by atoms with Crippen LogP contribution in [0.3, 0.4) is 0 Å². The van der Waals surface area contributed by atoms with Gasteiger partial charge in [-0.15, -0.1) is 0 Å². The molecule has 0 spiro atoms. The molecule has 0 radical (unpaired) electrons. The Morgan fingerprint density at radius 3 is 3.09 bits per heavy atom. The van der Waals surface area contributed by atoms with Crippen LogP contribution < -0.4 is 5.32 Å². The third-order valence-corrected chi connectivity index (χ3v) is 3.62. The average Bonchev–Trinajstić information content (AvgIpc) is 3.22. The van der Waals surface area contributed by atoms with Crippen LogP contribution in [-0.2, 0) is 29.0 Å². The first kappa shape index (κ1) is 16.7. The van der Waals surface area contributed by atoms with E-state index in [1.54, 1.807) is 12.5 Å². The topological polar surface area (TPSA) is 126 Å². The monoisotopic (exact) mass is 320 g/mol. The molecule has 3 heterocycles. The summed E-state index contributed by atoms with van der Waals surface area (Å²) in [7, 11) is 0. The van der Waals surface area contributed by atoms with Crippen LogP contribution in [0.4, 0.5) is 0 Å². The maximum atomic E-state index is 12.1. The third-order valence-electron chi connectivity index (χ3n) is 3.62. The van der Waals surface area contributed by atoms with Gasteiger partial charge in [0.15, 0.2) is 0 Å². The Kier molecular flexibility index (Phi) is 6.28. The summed E-state index contributed by atoms with van der Waals surface area (Å²) in [6.07, 6.45) is 8.52. The predicted molar refractivity (Wildman–Crippen MR) is 80.4 cm³/mol. The first-order valence-corrected chi connectivity index (χ1v) is 7.45. The number of hydrogen-bond acceptors (Lipinski definition) is 5. The summed E-state index contributed by atoms with van der Waals surface area (Å²) < 4.78 is 1.83. The lowest BCUT2D eigenvalue weighted by Crippen LogP contribution is -2.36. The Hall–Kier alpha value is -2.71. The summed E-state index contributed by atoms with van der Waals surface area (Å²) in [6, 6.07) is 0.